The molecular weight excluding hydrogens is 456 g/mol. The molecule has 7 heteroatoms. The molecule has 0 bridgehead atoms. The predicted molar refractivity (Wildman–Crippen MR) is 141 cm³/mol. The number of nitrogens with one attached hydrogen (secondary N) is 2. The largest absolute Gasteiger partial charge is 0.463 e. The Bertz CT molecular complexity index is 890. The third-order valence-electron chi connectivity index (χ3n) is 6.67. The number of aliphatic hydroxyl groups excluding tert-OH is 1. The van der Waals surface area contributed by atoms with E-state index >= 15 is 0 Å². The van der Waals surface area contributed by atoms with Crippen molar-refractivity contribution in [2.24, 2.45) is 11.8 Å². The number of carbonyl (C=O) groups is 3. The van der Waals surface area contributed by atoms with Gasteiger partial charge in [-0.05, 0) is 51.5 Å². The predicted octanol–water partition coefficient (Wildman–Crippen LogP) is 3.86. The topological polar surface area (TPSA) is 105 Å². The highest BCUT2D eigenvalue weighted by Crippen LogP contribution is 2.29. The van der Waals surface area contributed by atoms with Crippen molar-refractivity contribution in [3.63, 3.8) is 0 Å². The highest BCUT2D eigenvalue weighted by molar-refractivity contribution is 5.86. The first kappa shape index (κ1) is 29.3. The molecule has 0 spiro atoms. The van der Waals surface area contributed by atoms with Crippen LogP contribution >= 0.6 is 0 Å². The summed E-state index contributed by atoms with van der Waals surface area (Å²) in [6, 6.07) is 9.73. The average molecular weight is 499 g/mol. The lowest BCUT2D eigenvalue weighted by molar-refractivity contribution is -0.151. The summed E-state index contributed by atoms with van der Waals surface area (Å²) in [5.41, 5.74) is -0.368. The molecule has 0 aromatic heterocycles. The molecule has 1 aliphatic rings. The summed E-state index contributed by atoms with van der Waals surface area (Å²) in [5.74, 6) is -1.87. The van der Waals surface area contributed by atoms with Crippen LogP contribution in [-0.2, 0) is 25.5 Å². The molecule has 198 valence electrons. The molecule has 1 saturated carbocycles. The molecule has 2 atom stereocenters. The zero-order chi connectivity index (χ0) is 26.6. The van der Waals surface area contributed by atoms with Gasteiger partial charge in [-0.15, -0.1) is 13.2 Å². The summed E-state index contributed by atoms with van der Waals surface area (Å²) in [7, 11) is 0. The molecule has 3 N–H and O–H groups in total. The first-order chi connectivity index (χ1) is 17.1. The molecule has 36 heavy (non-hydrogen) atoms. The molecule has 1 fully saturated rings. The highest BCUT2D eigenvalue weighted by atomic mass is 16.5. The number of benzene rings is 1. The van der Waals surface area contributed by atoms with Crippen LogP contribution in [0, 0.1) is 11.8 Å². The number of ether oxygens (including phenoxy) is 1. The summed E-state index contributed by atoms with van der Waals surface area (Å²) >= 11 is 0. The molecular formula is C29H42N2O5. The van der Waals surface area contributed by atoms with Gasteiger partial charge in [-0.25, -0.2) is 0 Å². The summed E-state index contributed by atoms with van der Waals surface area (Å²) in [4.78, 5) is 38.6. The lowest BCUT2D eigenvalue weighted by Crippen LogP contribution is -2.52. The van der Waals surface area contributed by atoms with E-state index in [1.165, 1.54) is 0 Å². The second-order valence-corrected chi connectivity index (χ2v) is 10.5. The van der Waals surface area contributed by atoms with E-state index in [0.717, 1.165) is 31.2 Å². The van der Waals surface area contributed by atoms with Crippen molar-refractivity contribution in [2.75, 3.05) is 13.2 Å². The summed E-state index contributed by atoms with van der Waals surface area (Å²) < 4.78 is 5.60. The third kappa shape index (κ3) is 9.26. The van der Waals surface area contributed by atoms with Gasteiger partial charge >= 0.3 is 5.97 Å². The van der Waals surface area contributed by atoms with E-state index < -0.39 is 17.0 Å². The van der Waals surface area contributed by atoms with Crippen LogP contribution in [0.25, 0.3) is 0 Å². The van der Waals surface area contributed by atoms with Crippen LogP contribution in [0.1, 0.15) is 64.4 Å². The SMILES string of the molecule is C=CC[C@H](CC(=O)NC1(CO)CCCC1)C(=O)NC(C)(C)COC(=O)[C@H](CC=C)Cc1ccccc1. The van der Waals surface area contributed by atoms with Gasteiger partial charge in [-0.2, -0.15) is 0 Å². The van der Waals surface area contributed by atoms with Crippen molar-refractivity contribution in [3.8, 4) is 0 Å². The van der Waals surface area contributed by atoms with Crippen molar-refractivity contribution in [1.29, 1.82) is 0 Å². The number of hydrogen-bond acceptors (Lipinski definition) is 5. The fourth-order valence-corrected chi connectivity index (χ4v) is 4.63. The molecule has 0 saturated heterocycles. The van der Waals surface area contributed by atoms with Gasteiger partial charge in [0.05, 0.1) is 29.5 Å². The van der Waals surface area contributed by atoms with Crippen molar-refractivity contribution < 1.29 is 24.2 Å². The van der Waals surface area contributed by atoms with Crippen molar-refractivity contribution >= 4 is 17.8 Å². The molecule has 2 amide bonds. The summed E-state index contributed by atoms with van der Waals surface area (Å²) in [6.07, 6.45) is 8.09. The van der Waals surface area contributed by atoms with E-state index in [0.29, 0.717) is 19.3 Å². The number of amides is 2. The van der Waals surface area contributed by atoms with E-state index in [1.54, 1.807) is 26.0 Å². The smallest absolute Gasteiger partial charge is 0.309 e. The molecule has 1 aromatic carbocycles. The second-order valence-electron chi connectivity index (χ2n) is 10.5. The van der Waals surface area contributed by atoms with E-state index in [2.05, 4.69) is 23.8 Å². The van der Waals surface area contributed by atoms with Gasteiger partial charge in [0.15, 0.2) is 0 Å². The lowest BCUT2D eigenvalue weighted by atomic mass is 9.94. The fourth-order valence-electron chi connectivity index (χ4n) is 4.63. The molecule has 1 aromatic rings. The van der Waals surface area contributed by atoms with E-state index in [-0.39, 0.29) is 43.3 Å². The Balaban J connectivity index is 1.93. The summed E-state index contributed by atoms with van der Waals surface area (Å²) in [6.45, 7) is 10.9. The third-order valence-corrected chi connectivity index (χ3v) is 6.67. The minimum atomic E-state index is -0.827. The molecule has 0 aliphatic heterocycles. The zero-order valence-electron chi connectivity index (χ0n) is 21.8. The first-order valence-electron chi connectivity index (χ1n) is 12.8. The van der Waals surface area contributed by atoms with Gasteiger partial charge in [0, 0.05) is 6.42 Å². The first-order valence-corrected chi connectivity index (χ1v) is 12.8. The number of carbonyl (C=O) groups excluding carboxylic acids is 3. The molecule has 2 rings (SSSR count). The standard InChI is InChI=1S/C29H42N2O5/c1-5-12-23(19-25(33)30-29(20-32)16-10-11-17-29)26(34)31-28(3,4)21-36-27(35)24(13-6-2)18-22-14-8-7-9-15-22/h5-9,14-15,23-24,32H,1-2,10-13,16-21H2,3-4H3,(H,30,33)(H,31,34)/t23-,24-/m1/s1. The van der Waals surface area contributed by atoms with E-state index in [9.17, 15) is 19.5 Å². The number of allylic oxidation sites excluding steroid dienone is 2. The molecule has 0 radical (unpaired) electrons. The van der Waals surface area contributed by atoms with Crippen LogP contribution in [0.4, 0.5) is 0 Å². The quantitative estimate of drug-likeness (QED) is 0.252. The van der Waals surface area contributed by atoms with E-state index in [1.807, 2.05) is 30.3 Å². The lowest BCUT2D eigenvalue weighted by Gasteiger charge is -2.30. The Kier molecular flexibility index (Phi) is 11.4. The van der Waals surface area contributed by atoms with Crippen LogP contribution in [-0.4, -0.2) is 47.2 Å². The average Bonchev–Trinajstić information content (AvgIpc) is 3.31. The van der Waals surface area contributed by atoms with Crippen molar-refractivity contribution in [3.05, 3.63) is 61.2 Å². The van der Waals surface area contributed by atoms with E-state index in [4.69, 9.17) is 4.74 Å². The van der Waals surface area contributed by atoms with Gasteiger partial charge in [0.25, 0.3) is 0 Å². The Morgan fingerprint density at radius 2 is 1.69 bits per heavy atom. The number of rotatable bonds is 15. The Hall–Kier alpha value is -2.93. The fraction of sp³-hybridized carbons (Fsp3) is 0.552. The minimum Gasteiger partial charge on any atom is -0.463 e. The van der Waals surface area contributed by atoms with Gasteiger partial charge < -0.3 is 20.5 Å². The maximum Gasteiger partial charge on any atom is 0.309 e. The highest BCUT2D eigenvalue weighted by Gasteiger charge is 2.36. The van der Waals surface area contributed by atoms with Gasteiger partial charge in [-0.1, -0.05) is 55.3 Å². The Morgan fingerprint density at radius 3 is 2.28 bits per heavy atom. The van der Waals surface area contributed by atoms with Gasteiger partial charge in [-0.3, -0.25) is 14.4 Å². The monoisotopic (exact) mass is 498 g/mol. The second kappa shape index (κ2) is 14.0. The number of aliphatic hydroxyl groups is 1. The van der Waals surface area contributed by atoms with Gasteiger partial charge in [0.1, 0.15) is 6.61 Å². The maximum atomic E-state index is 13.1. The molecule has 7 nitrogen and oxygen atoms in total. The minimum absolute atomic E-state index is 0.000630. The van der Waals surface area contributed by atoms with Crippen LogP contribution in [0.2, 0.25) is 0 Å². The van der Waals surface area contributed by atoms with Crippen molar-refractivity contribution in [1.82, 2.24) is 10.6 Å². The summed E-state index contributed by atoms with van der Waals surface area (Å²) in [5, 5.41) is 15.6. The normalized spacial score (nSPS) is 16.4. The number of esters is 1. The Labute approximate surface area is 215 Å². The Morgan fingerprint density at radius 1 is 1.08 bits per heavy atom. The number of hydrogen-bond donors (Lipinski definition) is 3. The molecule has 1 aliphatic carbocycles. The maximum absolute atomic E-state index is 13.1. The van der Waals surface area contributed by atoms with Crippen LogP contribution < -0.4 is 10.6 Å². The zero-order valence-corrected chi connectivity index (χ0v) is 21.8. The van der Waals surface area contributed by atoms with Crippen LogP contribution in [0.5, 0.6) is 0 Å². The molecule has 0 heterocycles. The van der Waals surface area contributed by atoms with Crippen LogP contribution in [0.15, 0.2) is 55.6 Å². The van der Waals surface area contributed by atoms with Gasteiger partial charge in [0.2, 0.25) is 11.8 Å². The van der Waals surface area contributed by atoms with Crippen molar-refractivity contribution in [2.45, 2.75) is 76.3 Å². The van der Waals surface area contributed by atoms with Crippen LogP contribution in [0.3, 0.4) is 0 Å². The molecule has 0 unspecified atom stereocenters.